The number of aromatic nitrogens is 1. The van der Waals surface area contributed by atoms with Gasteiger partial charge in [0.1, 0.15) is 5.82 Å². The molecular formula is C11H5F3IrN-. The molecule has 0 saturated carbocycles. The van der Waals surface area contributed by atoms with Gasteiger partial charge in [-0.3, -0.25) is 8.78 Å². The first-order chi connectivity index (χ1) is 7.16. The van der Waals surface area contributed by atoms with Gasteiger partial charge in [0.25, 0.3) is 0 Å². The van der Waals surface area contributed by atoms with Gasteiger partial charge in [0.2, 0.25) is 0 Å². The third-order valence-corrected chi connectivity index (χ3v) is 1.84. The average Bonchev–Trinajstić information content (AvgIpc) is 2.17. The van der Waals surface area contributed by atoms with Crippen molar-refractivity contribution in [2.45, 2.75) is 0 Å². The molecule has 0 N–H and O–H groups in total. The molecule has 0 bridgehead atoms. The summed E-state index contributed by atoms with van der Waals surface area (Å²) in [7, 11) is 0. The Morgan fingerprint density at radius 3 is 2.44 bits per heavy atom. The third-order valence-electron chi connectivity index (χ3n) is 1.84. The Morgan fingerprint density at radius 1 is 1.06 bits per heavy atom. The Hall–Kier alpha value is -1.19. The standard InChI is InChI=1S/C11H5F3N.Ir/c12-7-1-2-9(10(14)5-7)11-6-8(13)3-4-15-11;/h1,3-6H;/q-1;. The maximum atomic E-state index is 13.2. The topological polar surface area (TPSA) is 12.9 Å². The first-order valence-electron chi connectivity index (χ1n) is 4.15. The van der Waals surface area contributed by atoms with Crippen molar-refractivity contribution in [3.8, 4) is 11.3 Å². The molecule has 0 unspecified atom stereocenters. The van der Waals surface area contributed by atoms with Crippen LogP contribution in [0.1, 0.15) is 0 Å². The molecule has 1 aromatic carbocycles. The van der Waals surface area contributed by atoms with Crippen LogP contribution < -0.4 is 0 Å². The molecular weight excluding hydrogens is 395 g/mol. The molecule has 2 rings (SSSR count). The molecule has 16 heavy (non-hydrogen) atoms. The van der Waals surface area contributed by atoms with Gasteiger partial charge in [-0.25, -0.2) is 4.39 Å². The second-order valence-electron chi connectivity index (χ2n) is 2.90. The first kappa shape index (κ1) is 12.9. The van der Waals surface area contributed by atoms with Crippen LogP contribution in [0, 0.1) is 23.5 Å². The Labute approximate surface area is 104 Å². The summed E-state index contributed by atoms with van der Waals surface area (Å²) in [5.74, 6) is -2.07. The van der Waals surface area contributed by atoms with E-state index < -0.39 is 17.5 Å². The smallest absolute Gasteiger partial charge is 0.117 e. The van der Waals surface area contributed by atoms with E-state index in [9.17, 15) is 13.2 Å². The fraction of sp³-hybridized carbons (Fsp3) is 0. The van der Waals surface area contributed by atoms with Crippen molar-refractivity contribution < 1.29 is 33.3 Å². The number of pyridine rings is 1. The monoisotopic (exact) mass is 401 g/mol. The normalized spacial score (nSPS) is 9.69. The molecule has 0 aliphatic heterocycles. The van der Waals surface area contributed by atoms with Crippen LogP contribution in [-0.2, 0) is 20.1 Å². The predicted molar refractivity (Wildman–Crippen MR) is 48.4 cm³/mol. The van der Waals surface area contributed by atoms with Crippen molar-refractivity contribution in [3.05, 3.63) is 54.0 Å². The quantitative estimate of drug-likeness (QED) is 0.671. The summed E-state index contributed by atoms with van der Waals surface area (Å²) in [5.41, 5.74) is 0.0448. The van der Waals surface area contributed by atoms with Gasteiger partial charge >= 0.3 is 0 Å². The van der Waals surface area contributed by atoms with Gasteiger partial charge < -0.3 is 4.98 Å². The largest absolute Gasteiger partial charge is 0.304 e. The molecule has 0 spiro atoms. The van der Waals surface area contributed by atoms with Gasteiger partial charge in [-0.05, 0) is 17.8 Å². The fourth-order valence-electron chi connectivity index (χ4n) is 1.18. The number of halogens is 3. The summed E-state index contributed by atoms with van der Waals surface area (Å²) in [6, 6.07) is 6.26. The summed E-state index contributed by atoms with van der Waals surface area (Å²) < 4.78 is 38.6. The third kappa shape index (κ3) is 2.68. The van der Waals surface area contributed by atoms with Crippen LogP contribution in [0.3, 0.4) is 0 Å². The molecule has 0 fully saturated rings. The van der Waals surface area contributed by atoms with Crippen molar-refractivity contribution in [1.29, 1.82) is 0 Å². The Bertz CT molecular complexity index is 502. The van der Waals surface area contributed by atoms with Crippen LogP contribution in [0.25, 0.3) is 11.3 Å². The SMILES string of the molecule is Fc1ccnc(-c2[c-]cc(F)cc2F)c1.[Ir]. The number of hydrogen-bond acceptors (Lipinski definition) is 1. The molecule has 1 nitrogen and oxygen atoms in total. The summed E-state index contributed by atoms with van der Waals surface area (Å²) in [5, 5.41) is 0. The van der Waals surface area contributed by atoms with Crippen molar-refractivity contribution in [3.63, 3.8) is 0 Å². The van der Waals surface area contributed by atoms with Crippen LogP contribution >= 0.6 is 0 Å². The van der Waals surface area contributed by atoms with Crippen molar-refractivity contribution in [2.75, 3.05) is 0 Å². The second-order valence-corrected chi connectivity index (χ2v) is 2.90. The molecule has 2 aromatic rings. The number of hydrogen-bond donors (Lipinski definition) is 0. The fourth-order valence-corrected chi connectivity index (χ4v) is 1.18. The zero-order valence-electron chi connectivity index (χ0n) is 7.80. The second kappa shape index (κ2) is 5.23. The molecule has 0 saturated heterocycles. The molecule has 1 radical (unpaired) electrons. The van der Waals surface area contributed by atoms with Crippen LogP contribution in [0.2, 0.25) is 0 Å². The van der Waals surface area contributed by atoms with Gasteiger partial charge in [-0.15, -0.1) is 12.1 Å². The van der Waals surface area contributed by atoms with Crippen LogP contribution in [0.4, 0.5) is 13.2 Å². The van der Waals surface area contributed by atoms with E-state index in [1.807, 2.05) is 0 Å². The summed E-state index contributed by atoms with van der Waals surface area (Å²) in [4.78, 5) is 3.77. The first-order valence-corrected chi connectivity index (χ1v) is 4.15. The Morgan fingerprint density at radius 2 is 1.81 bits per heavy atom. The molecule has 0 aliphatic carbocycles. The van der Waals surface area contributed by atoms with Gasteiger partial charge in [-0.2, -0.15) is 0 Å². The van der Waals surface area contributed by atoms with Gasteiger partial charge in [-0.1, -0.05) is 11.6 Å². The minimum Gasteiger partial charge on any atom is -0.304 e. The van der Waals surface area contributed by atoms with Gasteiger partial charge in [0.15, 0.2) is 0 Å². The van der Waals surface area contributed by atoms with E-state index in [1.165, 1.54) is 6.20 Å². The number of rotatable bonds is 1. The predicted octanol–water partition coefficient (Wildman–Crippen LogP) is 2.96. The minimum absolute atomic E-state index is 0. The molecule has 1 heterocycles. The maximum absolute atomic E-state index is 13.2. The number of nitrogens with zero attached hydrogens (tertiary/aromatic N) is 1. The molecule has 0 atom stereocenters. The number of benzene rings is 1. The maximum Gasteiger partial charge on any atom is 0.117 e. The van der Waals surface area contributed by atoms with Gasteiger partial charge in [0, 0.05) is 37.9 Å². The molecule has 0 amide bonds. The van der Waals surface area contributed by atoms with E-state index in [0.717, 1.165) is 18.2 Å². The van der Waals surface area contributed by atoms with E-state index in [1.54, 1.807) is 0 Å². The average molecular weight is 400 g/mol. The van der Waals surface area contributed by atoms with Crippen LogP contribution in [0.15, 0.2) is 30.5 Å². The van der Waals surface area contributed by atoms with Crippen LogP contribution in [0.5, 0.6) is 0 Å². The molecule has 1 aromatic heterocycles. The Kier molecular flexibility index (Phi) is 4.21. The van der Waals surface area contributed by atoms with E-state index in [4.69, 9.17) is 0 Å². The van der Waals surface area contributed by atoms with E-state index in [-0.39, 0.29) is 31.4 Å². The molecule has 5 heteroatoms. The Balaban J connectivity index is 0.00000128. The van der Waals surface area contributed by atoms with Crippen molar-refractivity contribution in [1.82, 2.24) is 4.98 Å². The van der Waals surface area contributed by atoms with E-state index in [2.05, 4.69) is 11.1 Å². The summed E-state index contributed by atoms with van der Waals surface area (Å²) in [6.07, 6.45) is 1.21. The summed E-state index contributed by atoms with van der Waals surface area (Å²) in [6.45, 7) is 0. The van der Waals surface area contributed by atoms with E-state index >= 15 is 0 Å². The molecule has 85 valence electrons. The zero-order chi connectivity index (χ0) is 10.8. The zero-order valence-corrected chi connectivity index (χ0v) is 10.2. The van der Waals surface area contributed by atoms with Gasteiger partial charge in [0.05, 0.1) is 0 Å². The van der Waals surface area contributed by atoms with Crippen molar-refractivity contribution in [2.24, 2.45) is 0 Å². The van der Waals surface area contributed by atoms with Crippen molar-refractivity contribution >= 4 is 0 Å². The molecule has 0 aliphatic rings. The van der Waals surface area contributed by atoms with E-state index in [0.29, 0.717) is 6.07 Å². The summed E-state index contributed by atoms with van der Waals surface area (Å²) >= 11 is 0. The minimum atomic E-state index is -0.812. The van der Waals surface area contributed by atoms with Crippen LogP contribution in [-0.4, -0.2) is 4.98 Å².